The molecule has 2 aromatic heterocycles. The molecule has 5 heterocycles. The maximum absolute atomic E-state index is 13.7. The van der Waals surface area contributed by atoms with Crippen molar-refractivity contribution in [2.75, 3.05) is 36.0 Å². The Morgan fingerprint density at radius 3 is 2.64 bits per heavy atom. The predicted molar refractivity (Wildman–Crippen MR) is 151 cm³/mol. The Hall–Kier alpha value is -2.91. The van der Waals surface area contributed by atoms with E-state index in [1.54, 1.807) is 16.0 Å². The van der Waals surface area contributed by atoms with Gasteiger partial charge < -0.3 is 19.3 Å². The van der Waals surface area contributed by atoms with Gasteiger partial charge in [0.05, 0.1) is 11.1 Å². The molecule has 3 aliphatic rings. The van der Waals surface area contributed by atoms with Crippen LogP contribution in [0.1, 0.15) is 66.4 Å². The number of amides is 2. The smallest absolute Gasteiger partial charge is 0.410 e. The molecular weight excluding hydrogens is 518 g/mol. The van der Waals surface area contributed by atoms with Crippen molar-refractivity contribution >= 4 is 35.2 Å². The molecule has 2 fully saturated rings. The van der Waals surface area contributed by atoms with Crippen molar-refractivity contribution in [1.82, 2.24) is 14.9 Å². The number of carbonyl (C=O) groups is 2. The summed E-state index contributed by atoms with van der Waals surface area (Å²) in [4.78, 5) is 41.6. The van der Waals surface area contributed by atoms with E-state index in [4.69, 9.17) is 26.1 Å². The van der Waals surface area contributed by atoms with Gasteiger partial charge in [-0.25, -0.2) is 14.8 Å². The van der Waals surface area contributed by atoms with Crippen LogP contribution in [-0.2, 0) is 19.7 Å². The van der Waals surface area contributed by atoms with Crippen molar-refractivity contribution in [3.63, 3.8) is 0 Å². The summed E-state index contributed by atoms with van der Waals surface area (Å²) in [7, 11) is 0. The van der Waals surface area contributed by atoms with E-state index >= 15 is 0 Å². The quantitative estimate of drug-likeness (QED) is 0.501. The molecule has 0 aliphatic carbocycles. The summed E-state index contributed by atoms with van der Waals surface area (Å²) in [6.45, 7) is 13.8. The lowest BCUT2D eigenvalue weighted by Gasteiger charge is -2.41. The molecule has 9 nitrogen and oxygen atoms in total. The zero-order chi connectivity index (χ0) is 28.1. The van der Waals surface area contributed by atoms with Gasteiger partial charge in [0.25, 0.3) is 0 Å². The Bertz CT molecular complexity index is 1270. The molecule has 210 valence electrons. The van der Waals surface area contributed by atoms with Crippen LogP contribution in [0.25, 0.3) is 11.3 Å². The zero-order valence-corrected chi connectivity index (χ0v) is 24.4. The number of halogens is 1. The van der Waals surface area contributed by atoms with Crippen molar-refractivity contribution in [1.29, 1.82) is 0 Å². The number of aromatic nitrogens is 2. The van der Waals surface area contributed by atoms with Crippen LogP contribution in [0.5, 0.6) is 0 Å². The molecule has 0 saturated carbocycles. The largest absolute Gasteiger partial charge is 0.444 e. The van der Waals surface area contributed by atoms with E-state index in [1.807, 2.05) is 52.8 Å². The van der Waals surface area contributed by atoms with Crippen LogP contribution in [0, 0.1) is 0 Å². The Labute approximate surface area is 235 Å². The van der Waals surface area contributed by atoms with Crippen LogP contribution in [0.4, 0.5) is 16.4 Å². The third kappa shape index (κ3) is 5.31. The number of nitrogens with zero attached hydrogens (tertiary/aromatic N) is 5. The second kappa shape index (κ2) is 10.2. The summed E-state index contributed by atoms with van der Waals surface area (Å²) >= 11 is 6.66. The Balaban J connectivity index is 1.46. The molecule has 0 spiro atoms. The van der Waals surface area contributed by atoms with Crippen LogP contribution in [0.2, 0.25) is 5.02 Å². The summed E-state index contributed by atoms with van der Waals surface area (Å²) in [5.74, 6) is 1.35. The van der Waals surface area contributed by atoms with Crippen molar-refractivity contribution in [2.24, 2.45) is 0 Å². The molecule has 2 saturated heterocycles. The van der Waals surface area contributed by atoms with Gasteiger partial charge >= 0.3 is 6.09 Å². The molecule has 0 aromatic carbocycles. The molecule has 2 amide bonds. The molecule has 3 aliphatic heterocycles. The minimum Gasteiger partial charge on any atom is -0.444 e. The number of hydrogen-bond acceptors (Lipinski definition) is 7. The number of fused-ring (bicyclic) bond motifs is 1. The van der Waals surface area contributed by atoms with Crippen LogP contribution in [0.3, 0.4) is 0 Å². The van der Waals surface area contributed by atoms with Crippen LogP contribution < -0.4 is 9.80 Å². The van der Waals surface area contributed by atoms with Gasteiger partial charge in [-0.15, -0.1) is 0 Å². The first kappa shape index (κ1) is 27.6. The fourth-order valence-corrected chi connectivity index (χ4v) is 5.92. The Morgan fingerprint density at radius 1 is 1.21 bits per heavy atom. The van der Waals surface area contributed by atoms with Crippen molar-refractivity contribution < 1.29 is 19.1 Å². The van der Waals surface area contributed by atoms with E-state index in [1.165, 1.54) is 0 Å². The monoisotopic (exact) mass is 555 g/mol. The topological polar surface area (TPSA) is 88.1 Å². The van der Waals surface area contributed by atoms with Gasteiger partial charge in [-0.3, -0.25) is 9.69 Å². The van der Waals surface area contributed by atoms with E-state index in [2.05, 4.69) is 16.8 Å². The van der Waals surface area contributed by atoms with E-state index < -0.39 is 11.0 Å². The lowest BCUT2D eigenvalue weighted by Crippen LogP contribution is -2.54. The summed E-state index contributed by atoms with van der Waals surface area (Å²) in [6, 6.07) is 5.60. The van der Waals surface area contributed by atoms with Crippen molar-refractivity contribution in [3.8, 4) is 11.3 Å². The maximum Gasteiger partial charge on any atom is 0.410 e. The second-order valence-electron chi connectivity index (χ2n) is 12.2. The van der Waals surface area contributed by atoms with Gasteiger partial charge in [-0.05, 0) is 79.0 Å². The van der Waals surface area contributed by atoms with Gasteiger partial charge in [0.1, 0.15) is 23.5 Å². The SMILES string of the molecule is C[C@@H]1CN(C(=O)OC(C)(C)C)CCN1c1cc(Cl)cc(-c2ccnc3c2C(C)(C)C(=O)N3C2CCCCO2)n1. The van der Waals surface area contributed by atoms with Gasteiger partial charge in [-0.2, -0.15) is 0 Å². The minimum atomic E-state index is -0.795. The summed E-state index contributed by atoms with van der Waals surface area (Å²) < 4.78 is 11.6. The highest BCUT2D eigenvalue weighted by atomic mass is 35.5. The van der Waals surface area contributed by atoms with Crippen molar-refractivity contribution in [2.45, 2.75) is 84.1 Å². The average molecular weight is 556 g/mol. The van der Waals surface area contributed by atoms with Gasteiger partial charge in [0, 0.05) is 54.6 Å². The molecule has 5 rings (SSSR count). The van der Waals surface area contributed by atoms with Crippen LogP contribution in [-0.4, -0.2) is 71.0 Å². The number of piperazine rings is 1. The Kier molecular flexibility index (Phi) is 7.26. The first-order valence-corrected chi connectivity index (χ1v) is 14.1. The third-order valence-corrected chi connectivity index (χ3v) is 7.83. The van der Waals surface area contributed by atoms with E-state index in [9.17, 15) is 9.59 Å². The molecule has 2 aromatic rings. The normalized spacial score (nSPS) is 23.2. The number of anilines is 2. The molecule has 0 bridgehead atoms. The molecule has 1 unspecified atom stereocenters. The first-order chi connectivity index (χ1) is 18.4. The molecule has 10 heteroatoms. The van der Waals surface area contributed by atoms with E-state index in [-0.39, 0.29) is 24.3 Å². The van der Waals surface area contributed by atoms with Gasteiger partial charge in [0.2, 0.25) is 5.91 Å². The van der Waals surface area contributed by atoms with Crippen LogP contribution >= 0.6 is 11.6 Å². The summed E-state index contributed by atoms with van der Waals surface area (Å²) in [5.41, 5.74) is 1.02. The molecular formula is C29H38ClN5O4. The molecule has 39 heavy (non-hydrogen) atoms. The number of pyridine rings is 2. The standard InChI is InChI=1S/C29H38ClN5O4/c1-18-17-33(27(37)39-28(2,3)4)12-13-34(18)22-16-19(30)15-21(32-22)20-10-11-31-25-24(20)29(5,6)26(36)35(25)23-9-7-8-14-38-23/h10-11,15-16,18,23H,7-9,12-14,17H2,1-6H3/t18-,23?/m1/s1. The highest BCUT2D eigenvalue weighted by Gasteiger charge is 2.49. The number of hydrogen-bond donors (Lipinski definition) is 0. The zero-order valence-electron chi connectivity index (χ0n) is 23.7. The summed E-state index contributed by atoms with van der Waals surface area (Å²) in [5, 5.41) is 0.553. The highest BCUT2D eigenvalue weighted by molar-refractivity contribution is 6.31. The number of ether oxygens (including phenoxy) is 2. The molecule has 0 radical (unpaired) electrons. The molecule has 2 atom stereocenters. The lowest BCUT2D eigenvalue weighted by molar-refractivity contribution is -0.125. The average Bonchev–Trinajstić information content (AvgIpc) is 3.08. The fraction of sp³-hybridized carbons (Fsp3) is 0.586. The number of carbonyl (C=O) groups excluding carboxylic acids is 2. The van der Waals surface area contributed by atoms with Crippen molar-refractivity contribution in [3.05, 3.63) is 35.0 Å². The number of rotatable bonds is 3. The highest BCUT2D eigenvalue weighted by Crippen LogP contribution is 2.47. The van der Waals surface area contributed by atoms with Crippen LogP contribution in [0.15, 0.2) is 24.4 Å². The fourth-order valence-electron chi connectivity index (χ4n) is 5.72. The lowest BCUT2D eigenvalue weighted by atomic mass is 9.83. The predicted octanol–water partition coefficient (Wildman–Crippen LogP) is 5.39. The van der Waals surface area contributed by atoms with E-state index in [0.29, 0.717) is 42.8 Å². The molecule has 0 N–H and O–H groups in total. The Morgan fingerprint density at radius 2 is 1.97 bits per heavy atom. The minimum absolute atomic E-state index is 0.00482. The summed E-state index contributed by atoms with van der Waals surface area (Å²) in [6.07, 6.45) is 3.92. The first-order valence-electron chi connectivity index (χ1n) is 13.7. The third-order valence-electron chi connectivity index (χ3n) is 7.61. The van der Waals surface area contributed by atoms with E-state index in [0.717, 1.165) is 36.2 Å². The van der Waals surface area contributed by atoms with Gasteiger partial charge in [0.15, 0.2) is 0 Å². The maximum atomic E-state index is 13.7. The van der Waals surface area contributed by atoms with Gasteiger partial charge in [-0.1, -0.05) is 11.6 Å². The second-order valence-corrected chi connectivity index (χ2v) is 12.6.